The fourth-order valence-corrected chi connectivity index (χ4v) is 11.9. The van der Waals surface area contributed by atoms with Crippen molar-refractivity contribution in [3.05, 3.63) is 0 Å². The first-order chi connectivity index (χ1) is 20.0. The Hall–Kier alpha value is -1.71. The zero-order valence-electron chi connectivity index (χ0n) is 28.3. The molecule has 0 bridgehead atoms. The van der Waals surface area contributed by atoms with Crippen LogP contribution in [0.5, 0.6) is 0 Å². The molecule has 0 radical (unpaired) electrons. The second-order valence-electron chi connectivity index (χ2n) is 17.2. The summed E-state index contributed by atoms with van der Waals surface area (Å²) in [4.78, 5) is 36.2. The number of aliphatic carboxylic acids is 1. The molecular weight excluding hydrogens is 564 g/mol. The molecule has 11 atom stereocenters. The molecule has 5 fully saturated rings. The summed E-state index contributed by atoms with van der Waals surface area (Å²) >= 11 is 0. The second-order valence-corrected chi connectivity index (χ2v) is 17.2. The second kappa shape index (κ2) is 10.4. The zero-order chi connectivity index (χ0) is 32.9. The molecule has 5 aliphatic rings. The van der Waals surface area contributed by atoms with Crippen LogP contribution >= 0.6 is 0 Å². The maximum absolute atomic E-state index is 12.9. The lowest BCUT2D eigenvalue weighted by Gasteiger charge is -2.71. The summed E-state index contributed by atoms with van der Waals surface area (Å²) in [5.74, 6) is -2.15. The predicted octanol–water partition coefficient (Wildman–Crippen LogP) is 5.42. The molecule has 1 saturated heterocycles. The van der Waals surface area contributed by atoms with E-state index in [2.05, 4.69) is 34.6 Å². The quantitative estimate of drug-likeness (QED) is 0.262. The number of esters is 2. The molecule has 9 nitrogen and oxygen atoms in total. The molecule has 0 aromatic carbocycles. The monoisotopic (exact) mass is 620 g/mol. The van der Waals surface area contributed by atoms with Crippen molar-refractivity contribution in [3.8, 4) is 0 Å². The summed E-state index contributed by atoms with van der Waals surface area (Å²) in [5, 5.41) is 32.8. The van der Waals surface area contributed by atoms with Crippen molar-refractivity contribution in [1.82, 2.24) is 0 Å². The molecular formula is C35H56O9. The normalized spacial score (nSPS) is 48.1. The number of carbonyl (C=O) groups is 3. The Bertz CT molecular complexity index is 1190. The number of carbonyl (C=O) groups excluding carboxylic acids is 2. The maximum atomic E-state index is 12.9. The van der Waals surface area contributed by atoms with Gasteiger partial charge in [-0.2, -0.15) is 0 Å². The van der Waals surface area contributed by atoms with Gasteiger partial charge in [-0.15, -0.1) is 0 Å². The molecule has 250 valence electrons. The van der Waals surface area contributed by atoms with E-state index < -0.39 is 41.3 Å². The van der Waals surface area contributed by atoms with Crippen LogP contribution in [-0.4, -0.2) is 68.3 Å². The van der Waals surface area contributed by atoms with Gasteiger partial charge in [0.15, 0.2) is 0 Å². The van der Waals surface area contributed by atoms with E-state index in [-0.39, 0.29) is 57.6 Å². The molecule has 44 heavy (non-hydrogen) atoms. The Labute approximate surface area is 262 Å². The van der Waals surface area contributed by atoms with E-state index in [0.717, 1.165) is 25.7 Å². The van der Waals surface area contributed by atoms with E-state index >= 15 is 0 Å². The molecule has 0 unspecified atom stereocenters. The highest BCUT2D eigenvalue weighted by atomic mass is 16.6. The SMILES string of the molecule is CC(=O)O[C@@H]1C[C@H]2[C@@]3(C)CC[C@@H](OC(=O)CC(=O)O)C(C)(C)[C@H]3CC[C@@]2(C)[C@]2(C)CC[C@](O)([C@]3(C)CC[C@@H](C(C)(C)O)O3)[C@@H]12. The van der Waals surface area contributed by atoms with Gasteiger partial charge >= 0.3 is 17.9 Å². The molecule has 0 aromatic rings. The van der Waals surface area contributed by atoms with Crippen LogP contribution in [0, 0.1) is 39.4 Å². The number of carboxylic acid groups (broad SMARTS) is 1. The molecule has 1 heterocycles. The number of ether oxygens (including phenoxy) is 3. The van der Waals surface area contributed by atoms with Crippen LogP contribution < -0.4 is 0 Å². The maximum Gasteiger partial charge on any atom is 0.317 e. The molecule has 0 amide bonds. The zero-order valence-corrected chi connectivity index (χ0v) is 28.3. The molecule has 0 spiro atoms. The lowest BCUT2D eigenvalue weighted by Crippen LogP contribution is -2.70. The molecule has 4 saturated carbocycles. The predicted molar refractivity (Wildman–Crippen MR) is 162 cm³/mol. The Morgan fingerprint density at radius 3 is 2.09 bits per heavy atom. The van der Waals surface area contributed by atoms with Crippen LogP contribution in [-0.2, 0) is 28.6 Å². The fraction of sp³-hybridized carbons (Fsp3) is 0.914. The van der Waals surface area contributed by atoms with Crippen molar-refractivity contribution in [2.45, 2.75) is 162 Å². The van der Waals surface area contributed by atoms with Crippen molar-refractivity contribution in [3.63, 3.8) is 0 Å². The van der Waals surface area contributed by atoms with Gasteiger partial charge in [-0.05, 0) is 107 Å². The first-order valence-corrected chi connectivity index (χ1v) is 16.8. The van der Waals surface area contributed by atoms with Crippen LogP contribution in [0.15, 0.2) is 0 Å². The largest absolute Gasteiger partial charge is 0.481 e. The van der Waals surface area contributed by atoms with Crippen LogP contribution in [0.25, 0.3) is 0 Å². The van der Waals surface area contributed by atoms with Crippen LogP contribution in [0.4, 0.5) is 0 Å². The van der Waals surface area contributed by atoms with E-state index in [1.54, 1.807) is 13.8 Å². The van der Waals surface area contributed by atoms with E-state index in [4.69, 9.17) is 19.3 Å². The van der Waals surface area contributed by atoms with Crippen LogP contribution in [0.2, 0.25) is 0 Å². The highest BCUT2D eigenvalue weighted by Crippen LogP contribution is 2.77. The van der Waals surface area contributed by atoms with Gasteiger partial charge in [-0.25, -0.2) is 0 Å². The van der Waals surface area contributed by atoms with Crippen LogP contribution in [0.3, 0.4) is 0 Å². The highest BCUT2D eigenvalue weighted by molar-refractivity contribution is 5.90. The van der Waals surface area contributed by atoms with Crippen LogP contribution in [0.1, 0.15) is 127 Å². The van der Waals surface area contributed by atoms with Gasteiger partial charge in [-0.1, -0.05) is 34.6 Å². The lowest BCUT2D eigenvalue weighted by molar-refractivity contribution is -0.280. The first-order valence-electron chi connectivity index (χ1n) is 16.8. The number of hydrogen-bond donors (Lipinski definition) is 3. The Kier molecular flexibility index (Phi) is 7.95. The average Bonchev–Trinajstić information content (AvgIpc) is 3.42. The minimum atomic E-state index is -1.23. The van der Waals surface area contributed by atoms with Gasteiger partial charge in [-0.3, -0.25) is 14.4 Å². The number of fused-ring (bicyclic) bond motifs is 5. The summed E-state index contributed by atoms with van der Waals surface area (Å²) in [6, 6.07) is 0. The number of carboxylic acids is 1. The summed E-state index contributed by atoms with van der Waals surface area (Å²) in [7, 11) is 0. The minimum Gasteiger partial charge on any atom is -0.481 e. The third-order valence-corrected chi connectivity index (χ3v) is 14.2. The fourth-order valence-electron chi connectivity index (χ4n) is 11.9. The molecule has 3 N–H and O–H groups in total. The van der Waals surface area contributed by atoms with Crippen molar-refractivity contribution in [2.75, 3.05) is 0 Å². The van der Waals surface area contributed by atoms with Gasteiger partial charge in [0.2, 0.25) is 0 Å². The van der Waals surface area contributed by atoms with Gasteiger partial charge < -0.3 is 29.5 Å². The number of hydrogen-bond acceptors (Lipinski definition) is 8. The molecule has 5 rings (SSSR count). The number of rotatable bonds is 6. The first kappa shape index (κ1) is 33.6. The Balaban J connectivity index is 1.51. The Morgan fingerprint density at radius 1 is 0.864 bits per heavy atom. The summed E-state index contributed by atoms with van der Waals surface area (Å²) in [6.07, 6.45) is 4.65. The van der Waals surface area contributed by atoms with E-state index in [0.29, 0.717) is 32.1 Å². The Morgan fingerprint density at radius 2 is 1.52 bits per heavy atom. The lowest BCUT2D eigenvalue weighted by atomic mass is 9.35. The van der Waals surface area contributed by atoms with Gasteiger partial charge in [0.05, 0.1) is 17.3 Å². The third-order valence-electron chi connectivity index (χ3n) is 14.2. The van der Waals surface area contributed by atoms with Gasteiger partial charge in [0.1, 0.15) is 24.2 Å². The summed E-state index contributed by atoms with van der Waals surface area (Å²) in [5.41, 5.74) is -4.16. The topological polar surface area (TPSA) is 140 Å². The van der Waals surface area contributed by atoms with Crippen molar-refractivity contribution >= 4 is 17.9 Å². The van der Waals surface area contributed by atoms with Gasteiger partial charge in [0, 0.05) is 18.3 Å². The third kappa shape index (κ3) is 4.76. The van der Waals surface area contributed by atoms with Crippen molar-refractivity contribution < 1.29 is 43.9 Å². The van der Waals surface area contributed by atoms with E-state index in [1.165, 1.54) is 6.92 Å². The highest BCUT2D eigenvalue weighted by Gasteiger charge is 2.76. The van der Waals surface area contributed by atoms with Crippen molar-refractivity contribution in [1.29, 1.82) is 0 Å². The van der Waals surface area contributed by atoms with Crippen molar-refractivity contribution in [2.24, 2.45) is 39.4 Å². The summed E-state index contributed by atoms with van der Waals surface area (Å²) < 4.78 is 18.6. The standard InChI is InChI=1S/C35H56O9/c1-20(36)42-21-18-23-31(6)13-11-24(43-27(39)19-26(37)38)29(2,3)22(31)10-14-32(23,7)33(8)16-17-35(41,28(21)33)34(9)15-12-25(44-34)30(4,5)40/h21-25,28,40-41H,10-19H2,1-9H3,(H,37,38)/t21-,22-,23+,24-,25+,28+,31+,32-,33-,34+,35-/m1/s1. The average molecular weight is 621 g/mol. The summed E-state index contributed by atoms with van der Waals surface area (Å²) in [6.45, 7) is 18.3. The number of aliphatic hydroxyl groups is 2. The minimum absolute atomic E-state index is 0.140. The molecule has 0 aromatic heterocycles. The molecule has 9 heteroatoms. The van der Waals surface area contributed by atoms with Gasteiger partial charge in [0.25, 0.3) is 0 Å². The molecule has 4 aliphatic carbocycles. The van der Waals surface area contributed by atoms with E-state index in [1.807, 2.05) is 6.92 Å². The van der Waals surface area contributed by atoms with E-state index in [9.17, 15) is 24.6 Å². The smallest absolute Gasteiger partial charge is 0.317 e. The molecule has 1 aliphatic heterocycles.